The summed E-state index contributed by atoms with van der Waals surface area (Å²) in [7, 11) is 1.57. The minimum atomic E-state index is -0.281. The molecule has 0 aliphatic heterocycles. The quantitative estimate of drug-likeness (QED) is 0.311. The summed E-state index contributed by atoms with van der Waals surface area (Å²) in [6, 6.07) is 0. The Bertz CT molecular complexity index is 215. The van der Waals surface area contributed by atoms with Gasteiger partial charge in [-0.1, -0.05) is 6.08 Å². The van der Waals surface area contributed by atoms with Crippen LogP contribution in [0.2, 0.25) is 0 Å². The van der Waals surface area contributed by atoms with E-state index in [2.05, 4.69) is 0 Å². The van der Waals surface area contributed by atoms with Gasteiger partial charge in [-0.15, -0.1) is 0 Å². The van der Waals surface area contributed by atoms with E-state index in [0.717, 1.165) is 0 Å². The second-order valence-electron chi connectivity index (χ2n) is 2.89. The van der Waals surface area contributed by atoms with Crippen molar-refractivity contribution in [1.82, 2.24) is 0 Å². The maximum absolute atomic E-state index is 11.2. The molecule has 5 heteroatoms. The van der Waals surface area contributed by atoms with Crippen LogP contribution in [-0.2, 0) is 19.0 Å². The molecule has 0 aromatic rings. The highest BCUT2D eigenvalue weighted by atomic mass is 127. The molecular formula is C10H17IO4. The predicted octanol–water partition coefficient (Wildman–Crippen LogP) is 2.27. The fourth-order valence-corrected chi connectivity index (χ4v) is 1.22. The highest BCUT2D eigenvalue weighted by Gasteiger charge is 2.07. The molecule has 0 amide bonds. The average molecular weight is 328 g/mol. The van der Waals surface area contributed by atoms with Crippen molar-refractivity contribution in [2.24, 2.45) is 0 Å². The Morgan fingerprint density at radius 3 is 2.73 bits per heavy atom. The zero-order valence-electron chi connectivity index (χ0n) is 9.29. The maximum atomic E-state index is 11.2. The first kappa shape index (κ1) is 14.9. The number of ether oxygens (including phenoxy) is 3. The smallest absolute Gasteiger partial charge is 0.344 e. The van der Waals surface area contributed by atoms with Gasteiger partial charge in [0.15, 0.2) is 0 Å². The molecule has 0 aromatic heterocycles. The molecule has 0 saturated heterocycles. The molecule has 88 valence electrons. The predicted molar refractivity (Wildman–Crippen MR) is 65.8 cm³/mol. The zero-order valence-corrected chi connectivity index (χ0v) is 11.4. The summed E-state index contributed by atoms with van der Waals surface area (Å²) in [5.74, 6) is -0.281. The minimum absolute atomic E-state index is 0.0316. The van der Waals surface area contributed by atoms with Gasteiger partial charge >= 0.3 is 5.97 Å². The van der Waals surface area contributed by atoms with Gasteiger partial charge < -0.3 is 14.2 Å². The van der Waals surface area contributed by atoms with Crippen LogP contribution < -0.4 is 0 Å². The molecule has 0 heterocycles. The molecule has 0 fully saturated rings. The molecule has 0 aliphatic carbocycles. The Labute approximate surface area is 104 Å². The van der Waals surface area contributed by atoms with Gasteiger partial charge in [0.2, 0.25) is 0 Å². The number of hydrogen-bond acceptors (Lipinski definition) is 4. The lowest BCUT2D eigenvalue weighted by Crippen LogP contribution is -2.10. The average Bonchev–Trinajstić information content (AvgIpc) is 2.23. The van der Waals surface area contributed by atoms with Gasteiger partial charge in [0.1, 0.15) is 6.79 Å². The lowest BCUT2D eigenvalue weighted by molar-refractivity contribution is -0.137. The van der Waals surface area contributed by atoms with Crippen LogP contribution in [0, 0.1) is 0 Å². The van der Waals surface area contributed by atoms with Crippen molar-refractivity contribution in [3.8, 4) is 0 Å². The SMILES string of the molecule is CCOC(=O)/C(I)=C/C[C@@H](C)OCOC. The van der Waals surface area contributed by atoms with Crippen molar-refractivity contribution >= 4 is 28.6 Å². The Morgan fingerprint density at radius 1 is 1.53 bits per heavy atom. The monoisotopic (exact) mass is 328 g/mol. The molecule has 0 radical (unpaired) electrons. The highest BCUT2D eigenvalue weighted by molar-refractivity contribution is 14.1. The molecule has 0 aliphatic rings. The van der Waals surface area contributed by atoms with E-state index in [1.807, 2.05) is 29.5 Å². The second-order valence-corrected chi connectivity index (χ2v) is 4.05. The standard InChI is InChI=1S/C10H17IO4/c1-4-14-10(12)9(11)6-5-8(2)15-7-13-3/h6,8H,4-5,7H2,1-3H3/b9-6-/t8-/m1/s1. The molecular weight excluding hydrogens is 311 g/mol. The van der Waals surface area contributed by atoms with Crippen LogP contribution in [0.5, 0.6) is 0 Å². The molecule has 15 heavy (non-hydrogen) atoms. The lowest BCUT2D eigenvalue weighted by atomic mass is 10.2. The van der Waals surface area contributed by atoms with Gasteiger partial charge in [0.05, 0.1) is 16.3 Å². The summed E-state index contributed by atoms with van der Waals surface area (Å²) >= 11 is 1.96. The van der Waals surface area contributed by atoms with Crippen molar-refractivity contribution in [2.75, 3.05) is 20.5 Å². The number of carbonyl (C=O) groups excluding carboxylic acids is 1. The van der Waals surface area contributed by atoms with E-state index in [-0.39, 0.29) is 18.9 Å². The van der Waals surface area contributed by atoms with Crippen molar-refractivity contribution in [1.29, 1.82) is 0 Å². The molecule has 0 N–H and O–H groups in total. The Hall–Kier alpha value is -0.140. The van der Waals surface area contributed by atoms with E-state index < -0.39 is 0 Å². The number of hydrogen-bond donors (Lipinski definition) is 0. The van der Waals surface area contributed by atoms with Gasteiger partial charge in [-0.05, 0) is 42.9 Å². The third-order valence-corrected chi connectivity index (χ3v) is 2.45. The summed E-state index contributed by atoms with van der Waals surface area (Å²) in [4.78, 5) is 11.2. The number of carbonyl (C=O) groups is 1. The van der Waals surface area contributed by atoms with E-state index in [4.69, 9.17) is 14.2 Å². The van der Waals surface area contributed by atoms with E-state index >= 15 is 0 Å². The Morgan fingerprint density at radius 2 is 2.20 bits per heavy atom. The zero-order chi connectivity index (χ0) is 11.7. The van der Waals surface area contributed by atoms with Crippen molar-refractivity contribution in [3.63, 3.8) is 0 Å². The van der Waals surface area contributed by atoms with Crippen LogP contribution in [0.25, 0.3) is 0 Å². The van der Waals surface area contributed by atoms with Gasteiger partial charge in [-0.2, -0.15) is 0 Å². The van der Waals surface area contributed by atoms with Crippen LogP contribution in [0.1, 0.15) is 20.3 Å². The van der Waals surface area contributed by atoms with Crippen molar-refractivity contribution < 1.29 is 19.0 Å². The normalized spacial score (nSPS) is 13.7. The van der Waals surface area contributed by atoms with E-state index in [1.165, 1.54) is 0 Å². The lowest BCUT2D eigenvalue weighted by Gasteiger charge is -2.09. The first-order valence-electron chi connectivity index (χ1n) is 4.75. The van der Waals surface area contributed by atoms with Crippen LogP contribution in [0.3, 0.4) is 0 Å². The highest BCUT2D eigenvalue weighted by Crippen LogP contribution is 2.11. The third-order valence-electron chi connectivity index (χ3n) is 1.57. The number of rotatable bonds is 7. The molecule has 4 nitrogen and oxygen atoms in total. The summed E-state index contributed by atoms with van der Waals surface area (Å²) in [5.41, 5.74) is 0. The Kier molecular flexibility index (Phi) is 9.03. The second kappa shape index (κ2) is 9.11. The first-order valence-corrected chi connectivity index (χ1v) is 5.83. The van der Waals surface area contributed by atoms with E-state index in [0.29, 0.717) is 16.6 Å². The summed E-state index contributed by atoms with van der Waals surface area (Å²) in [5, 5.41) is 0. The topological polar surface area (TPSA) is 44.8 Å². The van der Waals surface area contributed by atoms with Crippen LogP contribution >= 0.6 is 22.6 Å². The molecule has 1 atom stereocenters. The number of halogens is 1. The van der Waals surface area contributed by atoms with Gasteiger partial charge in [-0.25, -0.2) is 4.79 Å². The van der Waals surface area contributed by atoms with Crippen LogP contribution in [0.4, 0.5) is 0 Å². The fraction of sp³-hybridized carbons (Fsp3) is 0.700. The third kappa shape index (κ3) is 7.75. The first-order chi connectivity index (χ1) is 7.11. The van der Waals surface area contributed by atoms with E-state index in [1.54, 1.807) is 20.1 Å². The van der Waals surface area contributed by atoms with Crippen LogP contribution in [-0.4, -0.2) is 32.6 Å². The number of esters is 1. The molecule has 0 spiro atoms. The molecule has 0 unspecified atom stereocenters. The molecule has 0 bridgehead atoms. The molecule has 0 aromatic carbocycles. The number of methoxy groups -OCH3 is 1. The maximum Gasteiger partial charge on any atom is 0.344 e. The van der Waals surface area contributed by atoms with E-state index in [9.17, 15) is 4.79 Å². The van der Waals surface area contributed by atoms with Gasteiger partial charge in [0, 0.05) is 7.11 Å². The van der Waals surface area contributed by atoms with Crippen LogP contribution in [0.15, 0.2) is 9.66 Å². The fourth-order valence-electron chi connectivity index (χ4n) is 0.805. The van der Waals surface area contributed by atoms with Gasteiger partial charge in [-0.3, -0.25) is 0 Å². The largest absolute Gasteiger partial charge is 0.462 e. The Balaban J connectivity index is 3.87. The molecule has 0 rings (SSSR count). The molecule has 0 saturated carbocycles. The summed E-state index contributed by atoms with van der Waals surface area (Å²) < 4.78 is 15.5. The summed E-state index contributed by atoms with van der Waals surface area (Å²) in [6.45, 7) is 4.37. The van der Waals surface area contributed by atoms with Crippen molar-refractivity contribution in [2.45, 2.75) is 26.4 Å². The van der Waals surface area contributed by atoms with Gasteiger partial charge in [0.25, 0.3) is 0 Å². The van der Waals surface area contributed by atoms with Crippen molar-refractivity contribution in [3.05, 3.63) is 9.66 Å². The summed E-state index contributed by atoms with van der Waals surface area (Å²) in [6.07, 6.45) is 2.50. The minimum Gasteiger partial charge on any atom is -0.462 e.